The number of hydrogen-bond donors (Lipinski definition) is 2. The van der Waals surface area contributed by atoms with Gasteiger partial charge in [-0.05, 0) is 32.3 Å². The second kappa shape index (κ2) is 6.35. The average molecular weight is 247 g/mol. The summed E-state index contributed by atoms with van der Waals surface area (Å²) in [6.07, 6.45) is 5.51. The third kappa shape index (κ3) is 3.56. The zero-order chi connectivity index (χ0) is 13.0. The number of hydrogen-bond acceptors (Lipinski definition) is 2. The van der Waals surface area contributed by atoms with Crippen LogP contribution in [0.4, 0.5) is 0 Å². The van der Waals surface area contributed by atoms with Crippen LogP contribution in [0.25, 0.3) is 0 Å². The highest BCUT2D eigenvalue weighted by atomic mass is 16.3. The third-order valence-electron chi connectivity index (χ3n) is 3.99. The standard InChI is InChI=1S/C16H25NO/c1-12-7-6-8-14(11-12)13(2)17-15-9-4-3-5-10-16(15)18/h6-8,11,13,15-18H,3-5,9-10H2,1-2H3/t13-,15?,16?/m1/s1. The first-order chi connectivity index (χ1) is 8.66. The maximum absolute atomic E-state index is 10.1. The minimum Gasteiger partial charge on any atom is -0.392 e. The number of aryl methyl sites for hydroxylation is 1. The summed E-state index contributed by atoms with van der Waals surface area (Å²) in [7, 11) is 0. The molecule has 2 nitrogen and oxygen atoms in total. The van der Waals surface area contributed by atoms with E-state index in [0.29, 0.717) is 6.04 Å². The number of benzene rings is 1. The molecule has 2 N–H and O–H groups in total. The van der Waals surface area contributed by atoms with E-state index in [1.807, 2.05) is 0 Å². The quantitative estimate of drug-likeness (QED) is 0.803. The summed E-state index contributed by atoms with van der Waals surface area (Å²) in [4.78, 5) is 0. The molecule has 0 amide bonds. The van der Waals surface area contributed by atoms with Crippen molar-refractivity contribution in [3.63, 3.8) is 0 Å². The zero-order valence-corrected chi connectivity index (χ0v) is 11.5. The fourth-order valence-corrected chi connectivity index (χ4v) is 2.84. The van der Waals surface area contributed by atoms with Crippen molar-refractivity contribution in [2.24, 2.45) is 0 Å². The Bertz CT molecular complexity index is 377. The van der Waals surface area contributed by atoms with E-state index in [4.69, 9.17) is 0 Å². The molecule has 2 rings (SSSR count). The van der Waals surface area contributed by atoms with Gasteiger partial charge in [0.2, 0.25) is 0 Å². The van der Waals surface area contributed by atoms with Gasteiger partial charge >= 0.3 is 0 Å². The fourth-order valence-electron chi connectivity index (χ4n) is 2.84. The van der Waals surface area contributed by atoms with Gasteiger partial charge in [0.1, 0.15) is 0 Å². The molecule has 0 spiro atoms. The van der Waals surface area contributed by atoms with Crippen molar-refractivity contribution in [3.8, 4) is 0 Å². The van der Waals surface area contributed by atoms with Crippen LogP contribution in [-0.2, 0) is 0 Å². The second-order valence-electron chi connectivity index (χ2n) is 5.61. The summed E-state index contributed by atoms with van der Waals surface area (Å²) < 4.78 is 0. The molecule has 1 aliphatic rings. The highest BCUT2D eigenvalue weighted by molar-refractivity contribution is 5.24. The molecule has 1 aliphatic carbocycles. The van der Waals surface area contributed by atoms with Gasteiger partial charge in [0.15, 0.2) is 0 Å². The van der Waals surface area contributed by atoms with Crippen LogP contribution in [0.3, 0.4) is 0 Å². The lowest BCUT2D eigenvalue weighted by Gasteiger charge is -2.26. The molecule has 1 aromatic rings. The lowest BCUT2D eigenvalue weighted by atomic mass is 10.0. The SMILES string of the molecule is Cc1cccc([C@@H](C)NC2CCCCCC2O)c1. The predicted molar refractivity (Wildman–Crippen MR) is 75.6 cm³/mol. The zero-order valence-electron chi connectivity index (χ0n) is 11.5. The van der Waals surface area contributed by atoms with E-state index in [-0.39, 0.29) is 12.1 Å². The van der Waals surface area contributed by atoms with Gasteiger partial charge in [0.05, 0.1) is 6.10 Å². The highest BCUT2D eigenvalue weighted by Gasteiger charge is 2.23. The Morgan fingerprint density at radius 1 is 1.22 bits per heavy atom. The van der Waals surface area contributed by atoms with Gasteiger partial charge in [-0.25, -0.2) is 0 Å². The van der Waals surface area contributed by atoms with Gasteiger partial charge in [0.25, 0.3) is 0 Å². The van der Waals surface area contributed by atoms with Crippen LogP contribution in [0.15, 0.2) is 24.3 Å². The van der Waals surface area contributed by atoms with Gasteiger partial charge in [0, 0.05) is 12.1 Å². The Labute approximate surface area is 110 Å². The van der Waals surface area contributed by atoms with Crippen LogP contribution in [0.5, 0.6) is 0 Å². The van der Waals surface area contributed by atoms with Gasteiger partial charge in [-0.1, -0.05) is 49.1 Å². The molecular formula is C16H25NO. The molecule has 0 heterocycles. The Morgan fingerprint density at radius 3 is 2.78 bits per heavy atom. The summed E-state index contributed by atoms with van der Waals surface area (Å²) >= 11 is 0. The molecule has 18 heavy (non-hydrogen) atoms. The molecular weight excluding hydrogens is 222 g/mol. The Morgan fingerprint density at radius 2 is 2.00 bits per heavy atom. The first kappa shape index (κ1) is 13.6. The molecule has 100 valence electrons. The van der Waals surface area contributed by atoms with Gasteiger partial charge in [-0.2, -0.15) is 0 Å². The Hall–Kier alpha value is -0.860. The van der Waals surface area contributed by atoms with Crippen LogP contribution in [0.1, 0.15) is 56.2 Å². The van der Waals surface area contributed by atoms with E-state index in [1.165, 1.54) is 24.0 Å². The summed E-state index contributed by atoms with van der Waals surface area (Å²) in [6, 6.07) is 9.17. The largest absolute Gasteiger partial charge is 0.392 e. The maximum Gasteiger partial charge on any atom is 0.0693 e. The summed E-state index contributed by atoms with van der Waals surface area (Å²) in [5.41, 5.74) is 2.61. The predicted octanol–water partition coefficient (Wildman–Crippen LogP) is 3.34. The normalized spacial score (nSPS) is 26.6. The Kier molecular flexibility index (Phi) is 4.79. The molecule has 1 aromatic carbocycles. The van der Waals surface area contributed by atoms with E-state index in [1.54, 1.807) is 0 Å². The van der Waals surface area contributed by atoms with Crippen molar-refractivity contribution < 1.29 is 5.11 Å². The lowest BCUT2D eigenvalue weighted by molar-refractivity contribution is 0.115. The lowest BCUT2D eigenvalue weighted by Crippen LogP contribution is -2.40. The molecule has 0 bridgehead atoms. The highest BCUT2D eigenvalue weighted by Crippen LogP contribution is 2.22. The van der Waals surface area contributed by atoms with Crippen LogP contribution < -0.4 is 5.32 Å². The molecule has 0 aromatic heterocycles. The number of rotatable bonds is 3. The molecule has 0 radical (unpaired) electrons. The van der Waals surface area contributed by atoms with Crippen LogP contribution >= 0.6 is 0 Å². The van der Waals surface area contributed by atoms with E-state index in [2.05, 4.69) is 43.4 Å². The summed E-state index contributed by atoms with van der Waals surface area (Å²) in [6.45, 7) is 4.31. The molecule has 3 atom stereocenters. The molecule has 0 saturated heterocycles. The first-order valence-corrected chi connectivity index (χ1v) is 7.17. The van der Waals surface area contributed by atoms with Crippen molar-refractivity contribution in [1.29, 1.82) is 0 Å². The molecule has 2 heteroatoms. The van der Waals surface area contributed by atoms with Crippen molar-refractivity contribution >= 4 is 0 Å². The average Bonchev–Trinajstić information content (AvgIpc) is 2.55. The van der Waals surface area contributed by atoms with Crippen LogP contribution in [-0.4, -0.2) is 17.3 Å². The van der Waals surface area contributed by atoms with Crippen LogP contribution in [0, 0.1) is 6.92 Å². The van der Waals surface area contributed by atoms with Crippen molar-refractivity contribution in [2.75, 3.05) is 0 Å². The number of aliphatic hydroxyl groups excluding tert-OH is 1. The van der Waals surface area contributed by atoms with Crippen molar-refractivity contribution in [2.45, 2.75) is 64.1 Å². The minimum absolute atomic E-state index is 0.181. The second-order valence-corrected chi connectivity index (χ2v) is 5.61. The van der Waals surface area contributed by atoms with Gasteiger partial charge < -0.3 is 10.4 Å². The fraction of sp³-hybridized carbons (Fsp3) is 0.625. The Balaban J connectivity index is 1.99. The number of nitrogens with one attached hydrogen (secondary N) is 1. The first-order valence-electron chi connectivity index (χ1n) is 7.17. The van der Waals surface area contributed by atoms with Gasteiger partial charge in [-0.15, -0.1) is 0 Å². The van der Waals surface area contributed by atoms with Crippen LogP contribution in [0.2, 0.25) is 0 Å². The molecule has 0 aliphatic heterocycles. The third-order valence-corrected chi connectivity index (χ3v) is 3.99. The van der Waals surface area contributed by atoms with Crippen molar-refractivity contribution in [1.82, 2.24) is 5.32 Å². The van der Waals surface area contributed by atoms with E-state index in [0.717, 1.165) is 19.3 Å². The molecule has 1 saturated carbocycles. The minimum atomic E-state index is -0.181. The van der Waals surface area contributed by atoms with E-state index >= 15 is 0 Å². The smallest absolute Gasteiger partial charge is 0.0693 e. The van der Waals surface area contributed by atoms with E-state index in [9.17, 15) is 5.11 Å². The van der Waals surface area contributed by atoms with Gasteiger partial charge in [-0.3, -0.25) is 0 Å². The summed E-state index contributed by atoms with van der Waals surface area (Å²) in [5.74, 6) is 0. The monoisotopic (exact) mass is 247 g/mol. The molecule has 1 fully saturated rings. The molecule has 2 unspecified atom stereocenters. The topological polar surface area (TPSA) is 32.3 Å². The van der Waals surface area contributed by atoms with Crippen molar-refractivity contribution in [3.05, 3.63) is 35.4 Å². The van der Waals surface area contributed by atoms with E-state index < -0.39 is 0 Å². The number of aliphatic hydroxyl groups is 1. The summed E-state index contributed by atoms with van der Waals surface area (Å²) in [5, 5.41) is 13.7. The maximum atomic E-state index is 10.1.